The van der Waals surface area contributed by atoms with Crippen LogP contribution in [0.4, 0.5) is 5.82 Å². The third-order valence-electron chi connectivity index (χ3n) is 6.52. The molecular formula is C26H27N5O3S2. The maximum atomic E-state index is 13.7. The van der Waals surface area contributed by atoms with Crippen molar-refractivity contribution in [1.29, 1.82) is 0 Å². The number of carbonyl (C=O) groups is 1. The minimum Gasteiger partial charge on any atom is -0.497 e. The Morgan fingerprint density at radius 1 is 1.11 bits per heavy atom. The fraction of sp³-hybridized carbons (Fsp3) is 0.308. The lowest BCUT2D eigenvalue weighted by molar-refractivity contribution is -0.122. The maximum absolute atomic E-state index is 13.7. The number of hydrogen-bond donors (Lipinski definition) is 0. The highest BCUT2D eigenvalue weighted by Gasteiger charge is 2.33. The first-order chi connectivity index (χ1) is 17.4. The molecule has 2 aromatic heterocycles. The van der Waals surface area contributed by atoms with Gasteiger partial charge in [-0.3, -0.25) is 18.9 Å². The van der Waals surface area contributed by atoms with Crippen molar-refractivity contribution in [1.82, 2.24) is 19.2 Å². The van der Waals surface area contributed by atoms with Crippen LogP contribution in [0.25, 0.3) is 11.7 Å². The molecule has 0 N–H and O–H groups in total. The number of pyridine rings is 1. The summed E-state index contributed by atoms with van der Waals surface area (Å²) in [6.07, 6.45) is 3.39. The largest absolute Gasteiger partial charge is 0.497 e. The van der Waals surface area contributed by atoms with Gasteiger partial charge in [0.2, 0.25) is 0 Å². The first-order valence-electron chi connectivity index (χ1n) is 11.7. The summed E-state index contributed by atoms with van der Waals surface area (Å²) in [5, 5.41) is 0. The van der Waals surface area contributed by atoms with Crippen LogP contribution in [0.1, 0.15) is 16.7 Å². The van der Waals surface area contributed by atoms with Crippen molar-refractivity contribution in [2.24, 2.45) is 0 Å². The molecule has 2 aliphatic rings. The molecule has 36 heavy (non-hydrogen) atoms. The normalized spacial score (nSPS) is 18.0. The van der Waals surface area contributed by atoms with E-state index in [9.17, 15) is 9.59 Å². The summed E-state index contributed by atoms with van der Waals surface area (Å²) in [5.74, 6) is 1.15. The molecular weight excluding hydrogens is 494 g/mol. The second kappa shape index (κ2) is 10.0. The number of aromatic nitrogens is 2. The number of rotatable bonds is 5. The zero-order chi connectivity index (χ0) is 25.4. The molecule has 0 saturated carbocycles. The van der Waals surface area contributed by atoms with E-state index in [4.69, 9.17) is 21.9 Å². The average molecular weight is 522 g/mol. The van der Waals surface area contributed by atoms with Crippen LogP contribution in [-0.4, -0.2) is 69.7 Å². The summed E-state index contributed by atoms with van der Waals surface area (Å²) in [4.78, 5) is 38.4. The molecule has 186 valence electrons. The lowest BCUT2D eigenvalue weighted by Crippen LogP contribution is -2.45. The summed E-state index contributed by atoms with van der Waals surface area (Å²) in [6.45, 7) is 5.55. The van der Waals surface area contributed by atoms with E-state index < -0.39 is 0 Å². The molecule has 10 heteroatoms. The number of nitrogens with zero attached hydrogens (tertiary/aromatic N) is 5. The number of ether oxygens (including phenoxy) is 1. The number of fused-ring (bicyclic) bond motifs is 1. The van der Waals surface area contributed by atoms with Gasteiger partial charge in [-0.15, -0.1) is 0 Å². The van der Waals surface area contributed by atoms with Gasteiger partial charge in [0.05, 0.1) is 24.1 Å². The molecule has 4 heterocycles. The van der Waals surface area contributed by atoms with Crippen LogP contribution in [0.3, 0.4) is 0 Å². The molecule has 2 fully saturated rings. The van der Waals surface area contributed by atoms with Gasteiger partial charge in [0.25, 0.3) is 11.5 Å². The average Bonchev–Trinajstić information content (AvgIpc) is 3.14. The number of aryl methyl sites for hydroxylation is 1. The van der Waals surface area contributed by atoms with E-state index in [2.05, 4.69) is 16.8 Å². The van der Waals surface area contributed by atoms with E-state index in [1.807, 2.05) is 43.3 Å². The van der Waals surface area contributed by atoms with E-state index in [-0.39, 0.29) is 11.5 Å². The van der Waals surface area contributed by atoms with E-state index >= 15 is 0 Å². The van der Waals surface area contributed by atoms with Crippen LogP contribution in [-0.2, 0) is 11.3 Å². The number of benzene rings is 1. The van der Waals surface area contributed by atoms with Gasteiger partial charge in [0.1, 0.15) is 21.5 Å². The van der Waals surface area contributed by atoms with Crippen LogP contribution >= 0.6 is 24.0 Å². The summed E-state index contributed by atoms with van der Waals surface area (Å²) < 4.78 is 7.24. The molecule has 0 bridgehead atoms. The predicted octanol–water partition coefficient (Wildman–Crippen LogP) is 3.16. The molecule has 0 atom stereocenters. The first kappa shape index (κ1) is 24.5. The van der Waals surface area contributed by atoms with Gasteiger partial charge in [0, 0.05) is 32.4 Å². The van der Waals surface area contributed by atoms with Crippen molar-refractivity contribution >= 4 is 51.7 Å². The summed E-state index contributed by atoms with van der Waals surface area (Å²) in [7, 11) is 3.70. The van der Waals surface area contributed by atoms with Crippen molar-refractivity contribution in [3.63, 3.8) is 0 Å². The lowest BCUT2D eigenvalue weighted by atomic mass is 10.2. The van der Waals surface area contributed by atoms with Gasteiger partial charge < -0.3 is 14.5 Å². The topological polar surface area (TPSA) is 70.4 Å². The first-order valence-corrected chi connectivity index (χ1v) is 12.9. The van der Waals surface area contributed by atoms with Crippen molar-refractivity contribution in [3.05, 3.63) is 74.5 Å². The van der Waals surface area contributed by atoms with Crippen molar-refractivity contribution in [2.75, 3.05) is 45.2 Å². The zero-order valence-electron chi connectivity index (χ0n) is 20.4. The van der Waals surface area contributed by atoms with Gasteiger partial charge in [0.15, 0.2) is 0 Å². The lowest BCUT2D eigenvalue weighted by Gasteiger charge is -2.34. The van der Waals surface area contributed by atoms with Crippen LogP contribution < -0.4 is 15.2 Å². The molecule has 1 aromatic carbocycles. The number of thioether (sulfide) groups is 1. The predicted molar refractivity (Wildman–Crippen MR) is 148 cm³/mol. The number of anilines is 1. The fourth-order valence-electron chi connectivity index (χ4n) is 4.37. The number of carbonyl (C=O) groups excluding carboxylic acids is 1. The molecule has 3 aromatic rings. The van der Waals surface area contributed by atoms with Crippen LogP contribution in [0.15, 0.2) is 52.3 Å². The standard InChI is InChI=1S/C26H27N5O3S2/c1-17-5-4-10-30-22(17)27-23(29-13-11-28(2)12-14-29)20(24(30)32)15-21-25(33)31(26(35)36-21)16-18-6-8-19(34-3)9-7-18/h4-10,15H,11-14,16H2,1-3H3. The summed E-state index contributed by atoms with van der Waals surface area (Å²) in [6, 6.07) is 11.3. The number of hydrogen-bond acceptors (Lipinski definition) is 8. The molecule has 8 nitrogen and oxygen atoms in total. The molecule has 0 radical (unpaired) electrons. The molecule has 2 aliphatic heterocycles. The second-order valence-corrected chi connectivity index (χ2v) is 10.6. The second-order valence-electron chi connectivity index (χ2n) is 8.95. The minimum atomic E-state index is -0.209. The van der Waals surface area contributed by atoms with Crippen molar-refractivity contribution < 1.29 is 9.53 Å². The van der Waals surface area contributed by atoms with E-state index in [0.29, 0.717) is 32.8 Å². The highest BCUT2D eigenvalue weighted by atomic mass is 32.2. The molecule has 2 saturated heterocycles. The van der Waals surface area contributed by atoms with Crippen LogP contribution in [0, 0.1) is 6.92 Å². The SMILES string of the molecule is COc1ccc(CN2C(=O)C(=Cc3c(N4CCN(C)CC4)nc4c(C)cccn4c3=O)SC2=S)cc1. The Kier molecular flexibility index (Phi) is 6.83. The van der Waals surface area contributed by atoms with Gasteiger partial charge in [-0.1, -0.05) is 42.2 Å². The van der Waals surface area contributed by atoms with Crippen LogP contribution in [0.5, 0.6) is 5.75 Å². The molecule has 0 unspecified atom stereocenters. The monoisotopic (exact) mass is 521 g/mol. The number of likely N-dealkylation sites (N-methyl/N-ethyl adjacent to an activating group) is 1. The Bertz CT molecular complexity index is 1430. The summed E-state index contributed by atoms with van der Waals surface area (Å²) >= 11 is 6.76. The van der Waals surface area contributed by atoms with Crippen molar-refractivity contribution in [2.45, 2.75) is 13.5 Å². The molecule has 0 aliphatic carbocycles. The number of amides is 1. The third kappa shape index (κ3) is 4.63. The van der Waals surface area contributed by atoms with Crippen LogP contribution in [0.2, 0.25) is 0 Å². The highest BCUT2D eigenvalue weighted by molar-refractivity contribution is 8.26. The quantitative estimate of drug-likeness (QED) is 0.375. The van der Waals surface area contributed by atoms with Gasteiger partial charge in [-0.2, -0.15) is 0 Å². The Morgan fingerprint density at radius 2 is 1.83 bits per heavy atom. The minimum absolute atomic E-state index is 0.196. The van der Waals surface area contributed by atoms with Gasteiger partial charge >= 0.3 is 0 Å². The maximum Gasteiger partial charge on any atom is 0.267 e. The smallest absolute Gasteiger partial charge is 0.267 e. The molecule has 1 amide bonds. The zero-order valence-corrected chi connectivity index (χ0v) is 22.1. The van der Waals surface area contributed by atoms with Gasteiger partial charge in [-0.25, -0.2) is 4.98 Å². The number of thiocarbonyl (C=S) groups is 1. The third-order valence-corrected chi connectivity index (χ3v) is 7.89. The Labute approximate surface area is 219 Å². The Balaban J connectivity index is 1.53. The van der Waals surface area contributed by atoms with Gasteiger partial charge in [-0.05, 0) is 49.4 Å². The number of methoxy groups -OCH3 is 1. The fourth-order valence-corrected chi connectivity index (χ4v) is 5.60. The van der Waals surface area contributed by atoms with E-state index in [1.54, 1.807) is 28.7 Å². The van der Waals surface area contributed by atoms with Crippen molar-refractivity contribution in [3.8, 4) is 5.75 Å². The molecule has 0 spiro atoms. The summed E-state index contributed by atoms with van der Waals surface area (Å²) in [5.41, 5.74) is 2.70. The molecule has 5 rings (SSSR count). The van der Waals surface area contributed by atoms with E-state index in [0.717, 1.165) is 43.1 Å². The highest BCUT2D eigenvalue weighted by Crippen LogP contribution is 2.35. The Morgan fingerprint density at radius 3 is 2.53 bits per heavy atom. The Hall–Kier alpha value is -3.21. The number of piperazine rings is 1. The van der Waals surface area contributed by atoms with E-state index in [1.165, 1.54) is 11.8 Å².